The molecule has 0 aromatic heterocycles. The fourth-order valence-electron chi connectivity index (χ4n) is 0.729. The largest absolute Gasteiger partial charge is 0.772 e. The van der Waals surface area contributed by atoms with Crippen LogP contribution in [0.4, 0.5) is 0 Å². The van der Waals surface area contributed by atoms with E-state index in [0.29, 0.717) is 0 Å². The first kappa shape index (κ1) is 15.0. The maximum atomic E-state index is 11.1. The molecule has 2 atom stereocenters. The minimum absolute atomic E-state index is 0.654. The van der Waals surface area contributed by atoms with Crippen molar-refractivity contribution in [3.63, 3.8) is 0 Å². The van der Waals surface area contributed by atoms with Gasteiger partial charge in [0, 0.05) is 5.25 Å². The van der Waals surface area contributed by atoms with E-state index in [4.69, 9.17) is 4.55 Å². The van der Waals surface area contributed by atoms with Crippen LogP contribution in [-0.4, -0.2) is 52.7 Å². The molecule has 15 heavy (non-hydrogen) atoms. The lowest BCUT2D eigenvalue weighted by Gasteiger charge is -2.14. The molecule has 1 N–H and O–H groups in total. The van der Waals surface area contributed by atoms with Gasteiger partial charge in [-0.15, -0.1) is 0 Å². The van der Waals surface area contributed by atoms with Crippen LogP contribution in [-0.2, 0) is 31.0 Å². The van der Waals surface area contributed by atoms with E-state index in [2.05, 4.69) is 0 Å². The van der Waals surface area contributed by atoms with Crippen molar-refractivity contribution in [2.24, 2.45) is 0 Å². The lowest BCUT2D eigenvalue weighted by molar-refractivity contribution is 0.484. The van der Waals surface area contributed by atoms with E-state index in [1.165, 1.54) is 6.92 Å². The lowest BCUT2D eigenvalue weighted by atomic mass is 10.6. The zero-order chi connectivity index (χ0) is 12.3. The third-order valence-electron chi connectivity index (χ3n) is 1.47. The van der Waals surface area contributed by atoms with Crippen molar-refractivity contribution in [3.05, 3.63) is 0 Å². The SMILES string of the molecule is CC(CS(=O)(=O)CCS(=O)(=O)O)S(=O)[O-]. The van der Waals surface area contributed by atoms with Crippen LogP contribution in [0.2, 0.25) is 0 Å². The fraction of sp³-hybridized carbons (Fsp3) is 1.00. The molecule has 0 aliphatic rings. The molecule has 0 saturated carbocycles. The van der Waals surface area contributed by atoms with Gasteiger partial charge in [-0.1, -0.05) is 18.0 Å². The molecule has 0 aliphatic heterocycles. The summed E-state index contributed by atoms with van der Waals surface area (Å²) in [5, 5.41) is -1.10. The minimum atomic E-state index is -4.35. The van der Waals surface area contributed by atoms with Crippen molar-refractivity contribution in [2.75, 3.05) is 17.3 Å². The van der Waals surface area contributed by atoms with E-state index in [-0.39, 0.29) is 0 Å². The van der Waals surface area contributed by atoms with Crippen molar-refractivity contribution in [1.29, 1.82) is 0 Å². The van der Waals surface area contributed by atoms with Crippen molar-refractivity contribution in [2.45, 2.75) is 12.2 Å². The zero-order valence-electron chi connectivity index (χ0n) is 7.82. The summed E-state index contributed by atoms with van der Waals surface area (Å²) in [6.07, 6.45) is 0. The number of rotatable bonds is 6. The number of hydrogen-bond acceptors (Lipinski definition) is 6. The topological polar surface area (TPSA) is 129 Å². The maximum absolute atomic E-state index is 11.1. The van der Waals surface area contributed by atoms with Gasteiger partial charge in [-0.2, -0.15) is 8.42 Å². The van der Waals surface area contributed by atoms with Gasteiger partial charge in [0.05, 0.1) is 17.3 Å². The monoisotopic (exact) mass is 279 g/mol. The summed E-state index contributed by atoms with van der Waals surface area (Å²) in [4.78, 5) is 0. The van der Waals surface area contributed by atoms with E-state index < -0.39 is 53.5 Å². The molecule has 7 nitrogen and oxygen atoms in total. The van der Waals surface area contributed by atoms with E-state index in [1.54, 1.807) is 0 Å². The molecule has 0 aromatic rings. The Hall–Kier alpha value is -0.0300. The van der Waals surface area contributed by atoms with E-state index >= 15 is 0 Å². The predicted octanol–water partition coefficient (Wildman–Crippen LogP) is -1.44. The van der Waals surface area contributed by atoms with Gasteiger partial charge in [0.1, 0.15) is 0 Å². The van der Waals surface area contributed by atoms with Crippen LogP contribution in [0.5, 0.6) is 0 Å². The Kier molecular flexibility index (Phi) is 5.33. The van der Waals surface area contributed by atoms with Crippen LogP contribution in [0.25, 0.3) is 0 Å². The van der Waals surface area contributed by atoms with Crippen molar-refractivity contribution in [3.8, 4) is 0 Å². The molecule has 0 spiro atoms. The smallest absolute Gasteiger partial charge is 0.265 e. The molecule has 92 valence electrons. The van der Waals surface area contributed by atoms with Crippen LogP contribution in [0.15, 0.2) is 0 Å². The number of sulfone groups is 1. The second-order valence-corrected chi connectivity index (χ2v) is 8.10. The fourth-order valence-corrected chi connectivity index (χ4v) is 4.54. The summed E-state index contributed by atoms with van der Waals surface area (Å²) in [5.41, 5.74) is 0. The average molecular weight is 279 g/mol. The normalized spacial score (nSPS) is 17.3. The minimum Gasteiger partial charge on any atom is -0.772 e. The predicted molar refractivity (Wildman–Crippen MR) is 53.5 cm³/mol. The quantitative estimate of drug-likeness (QED) is 0.465. The highest BCUT2D eigenvalue weighted by Gasteiger charge is 2.19. The van der Waals surface area contributed by atoms with Crippen LogP contribution in [0.1, 0.15) is 6.92 Å². The summed E-state index contributed by atoms with van der Waals surface area (Å²) in [5.74, 6) is -2.36. The highest BCUT2D eigenvalue weighted by Crippen LogP contribution is 2.01. The van der Waals surface area contributed by atoms with Gasteiger partial charge in [-0.25, -0.2) is 8.42 Å². The number of hydrogen-bond donors (Lipinski definition) is 1. The Morgan fingerprint density at radius 2 is 1.73 bits per heavy atom. The second kappa shape index (κ2) is 5.34. The molecule has 0 radical (unpaired) electrons. The summed E-state index contributed by atoms with van der Waals surface area (Å²) >= 11 is -2.52. The molecular formula is C5H11O7S3-. The first-order valence-electron chi connectivity index (χ1n) is 3.77. The van der Waals surface area contributed by atoms with Gasteiger partial charge in [-0.05, 0) is 0 Å². The summed E-state index contributed by atoms with van der Waals surface area (Å²) in [7, 11) is -8.14. The van der Waals surface area contributed by atoms with Crippen molar-refractivity contribution >= 4 is 31.0 Å². The third-order valence-corrected chi connectivity index (χ3v) is 5.32. The summed E-state index contributed by atoms with van der Waals surface area (Å²) in [6, 6.07) is 0. The molecule has 0 amide bonds. The van der Waals surface area contributed by atoms with Crippen LogP contribution in [0, 0.1) is 0 Å². The van der Waals surface area contributed by atoms with E-state index in [1.807, 2.05) is 0 Å². The van der Waals surface area contributed by atoms with E-state index in [9.17, 15) is 25.6 Å². The third kappa shape index (κ3) is 7.85. The first-order chi connectivity index (χ1) is 6.53. The van der Waals surface area contributed by atoms with Crippen LogP contribution >= 0.6 is 0 Å². The highest BCUT2D eigenvalue weighted by molar-refractivity contribution is 7.94. The molecule has 0 aliphatic carbocycles. The van der Waals surface area contributed by atoms with Crippen molar-refractivity contribution in [1.82, 2.24) is 0 Å². The summed E-state index contributed by atoms with van der Waals surface area (Å²) in [6.45, 7) is 1.19. The zero-order valence-corrected chi connectivity index (χ0v) is 10.3. The first-order valence-corrected chi connectivity index (χ1v) is 8.34. The average Bonchev–Trinajstić information content (AvgIpc) is 1.99. The van der Waals surface area contributed by atoms with Crippen LogP contribution in [0.3, 0.4) is 0 Å². The van der Waals surface area contributed by atoms with Crippen molar-refractivity contribution < 1.29 is 30.1 Å². The molecule has 2 unspecified atom stereocenters. The Morgan fingerprint density at radius 1 is 1.27 bits per heavy atom. The molecule has 10 heteroatoms. The molecule has 0 fully saturated rings. The molecule has 0 aromatic carbocycles. The van der Waals surface area contributed by atoms with Gasteiger partial charge in [0.15, 0.2) is 9.84 Å². The lowest BCUT2D eigenvalue weighted by Crippen LogP contribution is -2.27. The maximum Gasteiger partial charge on any atom is 0.265 e. The Balaban J connectivity index is 4.40. The van der Waals surface area contributed by atoms with E-state index in [0.717, 1.165) is 0 Å². The molecular weight excluding hydrogens is 268 g/mol. The van der Waals surface area contributed by atoms with Gasteiger partial charge < -0.3 is 4.55 Å². The van der Waals surface area contributed by atoms with Gasteiger partial charge in [0.25, 0.3) is 10.1 Å². The highest BCUT2D eigenvalue weighted by atomic mass is 32.2. The molecule has 0 bridgehead atoms. The Bertz CT molecular complexity index is 420. The van der Waals surface area contributed by atoms with Gasteiger partial charge in [-0.3, -0.25) is 8.76 Å². The standard InChI is InChI=1S/C5H12O7S3/c1-5(13(6)7)4-14(8,9)2-3-15(10,11)12/h5H,2-4H2,1H3,(H,6,7)(H,10,11,12)/p-1. The van der Waals surface area contributed by atoms with Gasteiger partial charge in [0.2, 0.25) is 0 Å². The van der Waals surface area contributed by atoms with Gasteiger partial charge >= 0.3 is 0 Å². The second-order valence-electron chi connectivity index (χ2n) is 2.97. The van der Waals surface area contributed by atoms with Crippen LogP contribution < -0.4 is 0 Å². The Morgan fingerprint density at radius 3 is 2.07 bits per heavy atom. The Labute approximate surface area is 90.8 Å². The molecule has 0 heterocycles. The molecule has 0 rings (SSSR count). The molecule has 0 saturated heterocycles. The summed E-state index contributed by atoms with van der Waals surface area (Å²) < 4.78 is 71.8.